The van der Waals surface area contributed by atoms with Gasteiger partial charge in [-0.1, -0.05) is 0 Å². The lowest BCUT2D eigenvalue weighted by Gasteiger charge is -2.22. The van der Waals surface area contributed by atoms with Crippen LogP contribution in [0.5, 0.6) is 0 Å². The highest BCUT2D eigenvalue weighted by atomic mass is 16.6. The van der Waals surface area contributed by atoms with Crippen LogP contribution in [0.3, 0.4) is 0 Å². The summed E-state index contributed by atoms with van der Waals surface area (Å²) in [5.41, 5.74) is -1.07. The summed E-state index contributed by atoms with van der Waals surface area (Å²) in [4.78, 5) is 23.9. The number of aromatic nitrogens is 1. The molecule has 5 heteroatoms. The maximum Gasteiger partial charge on any atom is 0.419 e. The third kappa shape index (κ3) is 4.77. The van der Waals surface area contributed by atoms with Gasteiger partial charge < -0.3 is 9.47 Å². The highest BCUT2D eigenvalue weighted by Gasteiger charge is 2.25. The predicted octanol–water partition coefficient (Wildman–Crippen LogP) is 3.23. The van der Waals surface area contributed by atoms with Crippen LogP contribution in [-0.2, 0) is 9.47 Å². The summed E-state index contributed by atoms with van der Waals surface area (Å²) < 4.78 is 11.6. The smallest absolute Gasteiger partial charge is 0.419 e. The highest BCUT2D eigenvalue weighted by molar-refractivity contribution is 5.92. The van der Waals surface area contributed by atoms with Gasteiger partial charge in [-0.05, 0) is 53.7 Å². The highest BCUT2D eigenvalue weighted by Crippen LogP contribution is 2.15. The molecule has 0 unspecified atom stereocenters. The maximum atomic E-state index is 12.0. The first-order valence-corrected chi connectivity index (χ1v) is 6.14. The molecule has 0 atom stereocenters. The van der Waals surface area contributed by atoms with Crippen molar-refractivity contribution in [2.75, 3.05) is 0 Å². The van der Waals surface area contributed by atoms with Gasteiger partial charge in [0.05, 0.1) is 0 Å². The Morgan fingerprint density at radius 1 is 1.00 bits per heavy atom. The molecule has 0 aliphatic carbocycles. The normalized spacial score (nSPS) is 12.1. The average Bonchev–Trinajstić information content (AvgIpc) is 2.59. The zero-order valence-corrected chi connectivity index (χ0v) is 12.3. The van der Waals surface area contributed by atoms with E-state index in [-0.39, 0.29) is 5.69 Å². The molecule has 1 aromatic heterocycles. The van der Waals surface area contributed by atoms with Crippen molar-refractivity contribution in [2.24, 2.45) is 0 Å². The molecule has 0 saturated carbocycles. The zero-order valence-electron chi connectivity index (χ0n) is 12.3. The van der Waals surface area contributed by atoms with Gasteiger partial charge in [0, 0.05) is 6.20 Å². The number of ether oxygens (including phenoxy) is 2. The van der Waals surface area contributed by atoms with E-state index in [0.717, 1.165) is 4.57 Å². The van der Waals surface area contributed by atoms with Gasteiger partial charge in [0.15, 0.2) is 0 Å². The molecule has 1 aromatic rings. The summed E-state index contributed by atoms with van der Waals surface area (Å²) in [5, 5.41) is 0. The van der Waals surface area contributed by atoms with Gasteiger partial charge in [0.25, 0.3) is 0 Å². The van der Waals surface area contributed by atoms with Gasteiger partial charge in [0.1, 0.15) is 16.9 Å². The average molecular weight is 267 g/mol. The van der Waals surface area contributed by atoms with Crippen molar-refractivity contribution >= 4 is 12.1 Å². The lowest BCUT2D eigenvalue weighted by molar-refractivity contribution is 0.00492. The van der Waals surface area contributed by atoms with Crippen molar-refractivity contribution in [2.45, 2.75) is 52.7 Å². The Bertz CT molecular complexity index is 432. The second-order valence-electron chi connectivity index (χ2n) is 6.25. The van der Waals surface area contributed by atoms with E-state index in [2.05, 4.69) is 0 Å². The molecule has 0 radical (unpaired) electrons. The van der Waals surface area contributed by atoms with E-state index in [1.54, 1.807) is 47.6 Å². The van der Waals surface area contributed by atoms with Crippen LogP contribution in [0.4, 0.5) is 4.79 Å². The number of hydrogen-bond donors (Lipinski definition) is 0. The van der Waals surface area contributed by atoms with Crippen LogP contribution in [0.25, 0.3) is 0 Å². The Hall–Kier alpha value is -1.78. The summed E-state index contributed by atoms with van der Waals surface area (Å²) in [6.07, 6.45) is 0.881. The van der Waals surface area contributed by atoms with E-state index in [1.807, 2.05) is 0 Å². The van der Waals surface area contributed by atoms with E-state index in [0.29, 0.717) is 0 Å². The van der Waals surface area contributed by atoms with Crippen molar-refractivity contribution < 1.29 is 19.1 Å². The van der Waals surface area contributed by atoms with Gasteiger partial charge in [0.2, 0.25) is 0 Å². The number of esters is 1. The fraction of sp³-hybridized carbons (Fsp3) is 0.571. The number of nitrogens with zero attached hydrogens (tertiary/aromatic N) is 1. The van der Waals surface area contributed by atoms with Crippen molar-refractivity contribution in [1.82, 2.24) is 4.57 Å². The van der Waals surface area contributed by atoms with Gasteiger partial charge in [-0.15, -0.1) is 0 Å². The third-order valence-electron chi connectivity index (χ3n) is 1.95. The first-order chi connectivity index (χ1) is 8.49. The van der Waals surface area contributed by atoms with Crippen LogP contribution in [0.2, 0.25) is 0 Å². The Morgan fingerprint density at radius 3 is 2.00 bits per heavy atom. The largest absolute Gasteiger partial charge is 0.455 e. The minimum atomic E-state index is -0.618. The van der Waals surface area contributed by atoms with Crippen molar-refractivity contribution in [1.29, 1.82) is 0 Å². The Balaban J connectivity index is 2.92. The molecule has 0 amide bonds. The van der Waals surface area contributed by atoms with Crippen LogP contribution in [-0.4, -0.2) is 27.8 Å². The minimum Gasteiger partial charge on any atom is -0.455 e. The van der Waals surface area contributed by atoms with Crippen LogP contribution in [0, 0.1) is 0 Å². The molecule has 0 spiro atoms. The van der Waals surface area contributed by atoms with Crippen LogP contribution >= 0.6 is 0 Å². The topological polar surface area (TPSA) is 57.5 Å². The first kappa shape index (κ1) is 15.3. The van der Waals surface area contributed by atoms with Crippen LogP contribution in [0.15, 0.2) is 18.3 Å². The molecule has 0 saturated heterocycles. The third-order valence-corrected chi connectivity index (χ3v) is 1.95. The Kier molecular flexibility index (Phi) is 4.08. The molecule has 0 aliphatic heterocycles. The molecular weight excluding hydrogens is 246 g/mol. The molecule has 1 rings (SSSR count). The van der Waals surface area contributed by atoms with E-state index in [9.17, 15) is 9.59 Å². The Labute approximate surface area is 113 Å². The summed E-state index contributed by atoms with van der Waals surface area (Å²) in [6, 6.07) is 3.13. The molecule has 0 N–H and O–H groups in total. The first-order valence-electron chi connectivity index (χ1n) is 6.14. The Morgan fingerprint density at radius 2 is 1.53 bits per heavy atom. The lowest BCUT2D eigenvalue weighted by atomic mass is 10.2. The minimum absolute atomic E-state index is 0.157. The molecule has 5 nitrogen and oxygen atoms in total. The van der Waals surface area contributed by atoms with Crippen molar-refractivity contribution in [3.63, 3.8) is 0 Å². The molecule has 0 fully saturated rings. The van der Waals surface area contributed by atoms with E-state index >= 15 is 0 Å². The van der Waals surface area contributed by atoms with E-state index in [4.69, 9.17) is 9.47 Å². The van der Waals surface area contributed by atoms with Crippen molar-refractivity contribution in [3.05, 3.63) is 24.0 Å². The van der Waals surface area contributed by atoms with Gasteiger partial charge >= 0.3 is 12.1 Å². The fourth-order valence-corrected chi connectivity index (χ4v) is 1.35. The molecule has 0 bridgehead atoms. The lowest BCUT2D eigenvalue weighted by Crippen LogP contribution is -2.30. The second kappa shape index (κ2) is 5.07. The number of rotatable bonds is 1. The quantitative estimate of drug-likeness (QED) is 0.733. The summed E-state index contributed by atoms with van der Waals surface area (Å²) >= 11 is 0. The standard InChI is InChI=1S/C14H21NO4/c1-13(2,3)18-11(16)10-8-7-9-15(10)12(17)19-14(4,5)6/h7-9H,1-6H3. The monoisotopic (exact) mass is 267 g/mol. The number of carbonyl (C=O) groups excluding carboxylic acids is 2. The van der Waals surface area contributed by atoms with E-state index < -0.39 is 23.3 Å². The summed E-state index contributed by atoms with van der Waals surface area (Å²) in [7, 11) is 0. The van der Waals surface area contributed by atoms with Gasteiger partial charge in [-0.2, -0.15) is 0 Å². The van der Waals surface area contributed by atoms with E-state index in [1.165, 1.54) is 12.3 Å². The predicted molar refractivity (Wildman–Crippen MR) is 71.2 cm³/mol. The van der Waals surface area contributed by atoms with Crippen molar-refractivity contribution in [3.8, 4) is 0 Å². The molecule has 1 heterocycles. The molecule has 19 heavy (non-hydrogen) atoms. The van der Waals surface area contributed by atoms with Crippen LogP contribution in [0.1, 0.15) is 52.0 Å². The summed E-state index contributed by atoms with van der Waals surface area (Å²) in [5.74, 6) is -0.552. The molecule has 0 aromatic carbocycles. The second-order valence-corrected chi connectivity index (χ2v) is 6.25. The van der Waals surface area contributed by atoms with Gasteiger partial charge in [-0.25, -0.2) is 14.2 Å². The summed E-state index contributed by atoms with van der Waals surface area (Å²) in [6.45, 7) is 10.6. The van der Waals surface area contributed by atoms with Crippen LogP contribution < -0.4 is 0 Å². The fourth-order valence-electron chi connectivity index (χ4n) is 1.35. The molecular formula is C14H21NO4. The zero-order chi connectivity index (χ0) is 14.8. The SMILES string of the molecule is CC(C)(C)OC(=O)c1cccn1C(=O)OC(C)(C)C. The molecule has 106 valence electrons. The number of hydrogen-bond acceptors (Lipinski definition) is 4. The van der Waals surface area contributed by atoms with Gasteiger partial charge in [-0.3, -0.25) is 0 Å². The maximum absolute atomic E-state index is 12.0. The number of carbonyl (C=O) groups is 2. The molecule has 0 aliphatic rings.